The Morgan fingerprint density at radius 3 is 2.75 bits per heavy atom. The van der Waals surface area contributed by atoms with Gasteiger partial charge in [0.15, 0.2) is 0 Å². The fourth-order valence-electron chi connectivity index (χ4n) is 2.53. The monoisotopic (exact) mass is 324 g/mol. The highest BCUT2D eigenvalue weighted by Crippen LogP contribution is 2.15. The molecule has 5 nitrogen and oxygen atoms in total. The van der Waals surface area contributed by atoms with E-state index in [0.29, 0.717) is 13.0 Å². The van der Waals surface area contributed by atoms with Crippen molar-refractivity contribution in [3.05, 3.63) is 84.5 Å². The molecule has 3 rings (SSSR count). The van der Waals surface area contributed by atoms with Gasteiger partial charge in [0.1, 0.15) is 11.5 Å². The van der Waals surface area contributed by atoms with Crippen LogP contribution >= 0.6 is 0 Å². The molecule has 122 valence electrons. The highest BCUT2D eigenvalue weighted by Gasteiger charge is 2.14. The first-order valence-corrected chi connectivity index (χ1v) is 7.63. The van der Waals surface area contributed by atoms with Crippen LogP contribution in [0.5, 0.6) is 0 Å². The number of hydrogen-bond donors (Lipinski definition) is 1. The van der Waals surface area contributed by atoms with Crippen molar-refractivity contribution in [1.82, 2.24) is 19.9 Å². The molecule has 6 heteroatoms. The van der Waals surface area contributed by atoms with Gasteiger partial charge in [0.25, 0.3) is 5.91 Å². The number of carbonyl (C=O) groups excluding carboxylic acids is 1. The van der Waals surface area contributed by atoms with Gasteiger partial charge in [0, 0.05) is 31.3 Å². The lowest BCUT2D eigenvalue weighted by Crippen LogP contribution is -2.32. The normalized spacial score (nSPS) is 11.9. The molecule has 0 bridgehead atoms. The van der Waals surface area contributed by atoms with Crippen molar-refractivity contribution in [2.75, 3.05) is 6.54 Å². The van der Waals surface area contributed by atoms with E-state index in [2.05, 4.69) is 15.3 Å². The zero-order valence-electron chi connectivity index (χ0n) is 13.0. The van der Waals surface area contributed by atoms with E-state index in [9.17, 15) is 9.18 Å². The van der Waals surface area contributed by atoms with E-state index in [1.54, 1.807) is 6.07 Å². The minimum absolute atomic E-state index is 0.0255. The Morgan fingerprint density at radius 2 is 2.04 bits per heavy atom. The Hall–Kier alpha value is -3.02. The maximum Gasteiger partial charge on any atom is 0.271 e. The molecule has 2 heterocycles. The van der Waals surface area contributed by atoms with Gasteiger partial charge in [-0.05, 0) is 36.2 Å². The summed E-state index contributed by atoms with van der Waals surface area (Å²) in [4.78, 5) is 20.0. The van der Waals surface area contributed by atoms with E-state index in [4.69, 9.17) is 0 Å². The Balaban J connectivity index is 1.70. The molecule has 0 radical (unpaired) electrons. The first-order chi connectivity index (χ1) is 11.7. The summed E-state index contributed by atoms with van der Waals surface area (Å²) >= 11 is 0. The van der Waals surface area contributed by atoms with Crippen LogP contribution < -0.4 is 5.32 Å². The highest BCUT2D eigenvalue weighted by atomic mass is 19.1. The average molecular weight is 324 g/mol. The lowest BCUT2D eigenvalue weighted by atomic mass is 10.1. The summed E-state index contributed by atoms with van der Waals surface area (Å²) in [6, 6.07) is 10.3. The van der Waals surface area contributed by atoms with Crippen LogP contribution in [-0.4, -0.2) is 27.0 Å². The summed E-state index contributed by atoms with van der Waals surface area (Å²) in [5, 5.41) is 2.87. The van der Waals surface area contributed by atoms with E-state index < -0.39 is 0 Å². The number of aromatic nitrogens is 3. The number of nitrogens with one attached hydrogen (secondary N) is 1. The molecule has 0 saturated carbocycles. The molecule has 1 N–H and O–H groups in total. The number of halogens is 1. The highest BCUT2D eigenvalue weighted by molar-refractivity contribution is 5.91. The van der Waals surface area contributed by atoms with Gasteiger partial charge in [-0.1, -0.05) is 12.1 Å². The van der Waals surface area contributed by atoms with Crippen LogP contribution in [0.3, 0.4) is 0 Å². The quantitative estimate of drug-likeness (QED) is 0.758. The number of rotatable bonds is 6. The number of nitrogens with zero attached hydrogens (tertiary/aromatic N) is 3. The molecule has 1 atom stereocenters. The van der Waals surface area contributed by atoms with Crippen LogP contribution in [0.25, 0.3) is 0 Å². The van der Waals surface area contributed by atoms with E-state index in [-0.39, 0.29) is 23.5 Å². The fourth-order valence-corrected chi connectivity index (χ4v) is 2.53. The molecule has 0 spiro atoms. The first kappa shape index (κ1) is 15.9. The summed E-state index contributed by atoms with van der Waals surface area (Å²) in [6.07, 6.45) is 8.88. The molecule has 1 amide bonds. The summed E-state index contributed by atoms with van der Waals surface area (Å²) in [7, 11) is 0. The van der Waals surface area contributed by atoms with Gasteiger partial charge in [-0.2, -0.15) is 0 Å². The third-order valence-corrected chi connectivity index (χ3v) is 3.70. The Labute approximate surface area is 139 Å². The molecule has 3 aromatic rings. The van der Waals surface area contributed by atoms with Gasteiger partial charge in [0.05, 0.1) is 12.2 Å². The van der Waals surface area contributed by atoms with Gasteiger partial charge < -0.3 is 9.88 Å². The van der Waals surface area contributed by atoms with E-state index in [1.807, 2.05) is 35.2 Å². The van der Waals surface area contributed by atoms with Crippen molar-refractivity contribution >= 4 is 5.91 Å². The van der Waals surface area contributed by atoms with Crippen molar-refractivity contribution < 1.29 is 9.18 Å². The summed E-state index contributed by atoms with van der Waals surface area (Å²) in [5.74, 6) is -0.540. The molecule has 0 fully saturated rings. The lowest BCUT2D eigenvalue weighted by molar-refractivity contribution is 0.0942. The summed E-state index contributed by atoms with van der Waals surface area (Å²) in [6.45, 7) is 0.403. The molecule has 0 aliphatic carbocycles. The Kier molecular flexibility index (Phi) is 4.96. The summed E-state index contributed by atoms with van der Waals surface area (Å²) in [5.41, 5.74) is 1.15. The standard InChI is InChI=1S/C18H17FN4O/c19-15-5-3-4-14(10-15)11-16(23-8-1-2-9-23)12-22-18(24)17-13-20-6-7-21-17/h1-10,13,16H,11-12H2,(H,22,24)/t16-/m1/s1. The second-order valence-electron chi connectivity index (χ2n) is 5.42. The van der Waals surface area contributed by atoms with E-state index in [1.165, 1.54) is 30.7 Å². The predicted octanol–water partition coefficient (Wildman–Crippen LogP) is 2.63. The number of benzene rings is 1. The number of hydrogen-bond acceptors (Lipinski definition) is 3. The largest absolute Gasteiger partial charge is 0.349 e. The minimum atomic E-state index is -0.278. The SMILES string of the molecule is O=C(NC[C@@H](Cc1cccc(F)c1)n1cccc1)c1cnccn1. The van der Waals surface area contributed by atoms with Crippen LogP contribution in [0, 0.1) is 5.82 Å². The van der Waals surface area contributed by atoms with Crippen molar-refractivity contribution in [2.45, 2.75) is 12.5 Å². The molecule has 0 aliphatic rings. The second kappa shape index (κ2) is 7.50. The van der Waals surface area contributed by atoms with E-state index in [0.717, 1.165) is 5.56 Å². The topological polar surface area (TPSA) is 59.8 Å². The number of carbonyl (C=O) groups is 1. The van der Waals surface area contributed by atoms with Crippen LogP contribution in [-0.2, 0) is 6.42 Å². The van der Waals surface area contributed by atoms with Gasteiger partial charge >= 0.3 is 0 Å². The van der Waals surface area contributed by atoms with Crippen LogP contribution in [0.15, 0.2) is 67.4 Å². The smallest absolute Gasteiger partial charge is 0.271 e. The maximum atomic E-state index is 13.4. The van der Waals surface area contributed by atoms with Gasteiger partial charge in [0.2, 0.25) is 0 Å². The molecule has 1 aromatic carbocycles. The molecular weight excluding hydrogens is 307 g/mol. The van der Waals surface area contributed by atoms with Crippen LogP contribution in [0.4, 0.5) is 4.39 Å². The van der Waals surface area contributed by atoms with Gasteiger partial charge in [-0.3, -0.25) is 9.78 Å². The van der Waals surface area contributed by atoms with E-state index >= 15 is 0 Å². The van der Waals surface area contributed by atoms with Crippen molar-refractivity contribution in [1.29, 1.82) is 0 Å². The minimum Gasteiger partial charge on any atom is -0.349 e. The van der Waals surface area contributed by atoms with Crippen LogP contribution in [0.1, 0.15) is 22.1 Å². The molecular formula is C18H17FN4O. The average Bonchev–Trinajstić information content (AvgIpc) is 3.13. The Morgan fingerprint density at radius 1 is 1.21 bits per heavy atom. The Bertz CT molecular complexity index is 790. The van der Waals surface area contributed by atoms with Crippen LogP contribution in [0.2, 0.25) is 0 Å². The fraction of sp³-hybridized carbons (Fsp3) is 0.167. The third-order valence-electron chi connectivity index (χ3n) is 3.70. The van der Waals surface area contributed by atoms with Crippen molar-refractivity contribution in [3.8, 4) is 0 Å². The molecule has 24 heavy (non-hydrogen) atoms. The zero-order valence-corrected chi connectivity index (χ0v) is 13.0. The molecule has 0 saturated heterocycles. The predicted molar refractivity (Wildman–Crippen MR) is 87.9 cm³/mol. The molecule has 0 unspecified atom stereocenters. The van der Waals surface area contributed by atoms with Gasteiger partial charge in [-0.15, -0.1) is 0 Å². The van der Waals surface area contributed by atoms with Crippen molar-refractivity contribution in [3.63, 3.8) is 0 Å². The van der Waals surface area contributed by atoms with Crippen molar-refractivity contribution in [2.24, 2.45) is 0 Å². The molecule has 2 aromatic heterocycles. The number of amides is 1. The molecule has 0 aliphatic heterocycles. The lowest BCUT2D eigenvalue weighted by Gasteiger charge is -2.20. The second-order valence-corrected chi connectivity index (χ2v) is 5.42. The van der Waals surface area contributed by atoms with Gasteiger partial charge in [-0.25, -0.2) is 9.37 Å². The summed E-state index contributed by atoms with van der Waals surface area (Å²) < 4.78 is 15.4. The first-order valence-electron chi connectivity index (χ1n) is 7.63. The third kappa shape index (κ3) is 4.04. The zero-order chi connectivity index (χ0) is 16.8. The maximum absolute atomic E-state index is 13.4.